The average molecular weight is 331 g/mol. The summed E-state index contributed by atoms with van der Waals surface area (Å²) in [6.45, 7) is 1.76. The van der Waals surface area contributed by atoms with Crippen LogP contribution in [0.1, 0.15) is 0 Å². The molecular weight excluding hydrogens is 315 g/mol. The molecule has 1 fully saturated rings. The molecule has 6 nitrogen and oxygen atoms in total. The number of rotatable bonds is 4. The molecule has 1 atom stereocenters. The molecule has 1 aromatic rings. The first kappa shape index (κ1) is 16.0. The number of amides is 2. The summed E-state index contributed by atoms with van der Waals surface area (Å²) in [5.41, 5.74) is 5.71. The molecular formula is C13H16Cl2N4O2. The van der Waals surface area contributed by atoms with E-state index in [9.17, 15) is 9.59 Å². The minimum Gasteiger partial charge on any atom is -0.368 e. The van der Waals surface area contributed by atoms with Gasteiger partial charge in [-0.2, -0.15) is 0 Å². The zero-order valence-electron chi connectivity index (χ0n) is 11.2. The summed E-state index contributed by atoms with van der Waals surface area (Å²) in [6, 6.07) is 4.48. The van der Waals surface area contributed by atoms with Crippen molar-refractivity contribution in [3.63, 3.8) is 0 Å². The summed E-state index contributed by atoms with van der Waals surface area (Å²) in [4.78, 5) is 25.2. The Morgan fingerprint density at radius 2 is 2.05 bits per heavy atom. The van der Waals surface area contributed by atoms with Crippen LogP contribution in [0.25, 0.3) is 0 Å². The number of nitrogens with one attached hydrogen (secondary N) is 2. The molecule has 0 aromatic heterocycles. The van der Waals surface area contributed by atoms with Crippen LogP contribution in [-0.4, -0.2) is 48.9 Å². The van der Waals surface area contributed by atoms with Crippen molar-refractivity contribution in [3.05, 3.63) is 28.2 Å². The minimum absolute atomic E-state index is 0.0524. The van der Waals surface area contributed by atoms with Gasteiger partial charge >= 0.3 is 0 Å². The Morgan fingerprint density at radius 1 is 1.38 bits per heavy atom. The Balaban J connectivity index is 2.02. The molecule has 21 heavy (non-hydrogen) atoms. The lowest BCUT2D eigenvalue weighted by atomic mass is 10.2. The van der Waals surface area contributed by atoms with Gasteiger partial charge in [0.2, 0.25) is 11.8 Å². The molecule has 0 radical (unpaired) electrons. The van der Waals surface area contributed by atoms with Crippen molar-refractivity contribution < 1.29 is 9.59 Å². The Hall–Kier alpha value is -1.34. The molecule has 2 rings (SSSR count). The summed E-state index contributed by atoms with van der Waals surface area (Å²) in [6.07, 6.45) is 0. The van der Waals surface area contributed by atoms with Crippen LogP contribution in [0.2, 0.25) is 10.0 Å². The topological polar surface area (TPSA) is 87.5 Å². The van der Waals surface area contributed by atoms with E-state index >= 15 is 0 Å². The normalized spacial score (nSPS) is 19.2. The first-order valence-corrected chi connectivity index (χ1v) is 7.22. The highest BCUT2D eigenvalue weighted by Crippen LogP contribution is 2.29. The number of hydrogen-bond donors (Lipinski definition) is 3. The van der Waals surface area contributed by atoms with Gasteiger partial charge in [-0.05, 0) is 12.1 Å². The van der Waals surface area contributed by atoms with Crippen LogP contribution in [0.4, 0.5) is 5.69 Å². The van der Waals surface area contributed by atoms with Gasteiger partial charge in [-0.3, -0.25) is 14.5 Å². The molecule has 0 aliphatic carbocycles. The second-order valence-corrected chi connectivity index (χ2v) is 5.55. The highest BCUT2D eigenvalue weighted by Gasteiger charge is 2.28. The van der Waals surface area contributed by atoms with Gasteiger partial charge in [0.1, 0.15) is 6.04 Å². The van der Waals surface area contributed by atoms with Crippen LogP contribution in [0.3, 0.4) is 0 Å². The monoisotopic (exact) mass is 330 g/mol. The van der Waals surface area contributed by atoms with Crippen LogP contribution < -0.4 is 16.4 Å². The molecule has 8 heteroatoms. The fourth-order valence-corrected chi connectivity index (χ4v) is 2.69. The smallest absolute Gasteiger partial charge is 0.238 e. The third-order valence-electron chi connectivity index (χ3n) is 3.26. The summed E-state index contributed by atoms with van der Waals surface area (Å²) in [5.74, 6) is -0.746. The quantitative estimate of drug-likeness (QED) is 0.758. The third kappa shape index (κ3) is 4.07. The van der Waals surface area contributed by atoms with E-state index in [1.807, 2.05) is 0 Å². The Morgan fingerprint density at radius 3 is 2.67 bits per heavy atom. The van der Waals surface area contributed by atoms with Crippen LogP contribution in [0, 0.1) is 0 Å². The number of benzene rings is 1. The zero-order valence-corrected chi connectivity index (χ0v) is 12.7. The van der Waals surface area contributed by atoms with Gasteiger partial charge < -0.3 is 16.4 Å². The largest absolute Gasteiger partial charge is 0.368 e. The highest BCUT2D eigenvalue weighted by atomic mass is 35.5. The third-order valence-corrected chi connectivity index (χ3v) is 3.89. The number of nitrogens with two attached hydrogens (primary N) is 1. The number of nitrogens with zero attached hydrogens (tertiary/aromatic N) is 1. The van der Waals surface area contributed by atoms with Gasteiger partial charge in [0.25, 0.3) is 0 Å². The van der Waals surface area contributed by atoms with E-state index in [0.29, 0.717) is 35.4 Å². The maximum absolute atomic E-state index is 12.1. The Labute approximate surface area is 132 Å². The summed E-state index contributed by atoms with van der Waals surface area (Å²) >= 11 is 12.0. The van der Waals surface area contributed by atoms with Crippen molar-refractivity contribution in [2.45, 2.75) is 6.04 Å². The number of anilines is 1. The van der Waals surface area contributed by atoms with E-state index in [1.54, 1.807) is 23.1 Å². The van der Waals surface area contributed by atoms with E-state index in [2.05, 4.69) is 10.6 Å². The predicted octanol–water partition coefficient (Wildman–Crippen LogP) is 0.691. The van der Waals surface area contributed by atoms with Crippen LogP contribution in [0.15, 0.2) is 18.2 Å². The number of piperazine rings is 1. The molecule has 2 amide bonds. The Kier molecular flexibility index (Phi) is 5.41. The van der Waals surface area contributed by atoms with Crippen molar-refractivity contribution >= 4 is 40.7 Å². The highest BCUT2D eigenvalue weighted by molar-refractivity contribution is 6.39. The molecule has 0 bridgehead atoms. The van der Waals surface area contributed by atoms with Crippen LogP contribution in [0.5, 0.6) is 0 Å². The van der Waals surface area contributed by atoms with E-state index in [0.717, 1.165) is 0 Å². The molecule has 114 valence electrons. The first-order valence-electron chi connectivity index (χ1n) is 6.47. The number of carbonyl (C=O) groups is 2. The second-order valence-electron chi connectivity index (χ2n) is 4.74. The van der Waals surface area contributed by atoms with Crippen molar-refractivity contribution in [1.29, 1.82) is 0 Å². The SMILES string of the molecule is NC(=O)C1CNCCN1CC(=O)Nc1c(Cl)cccc1Cl. The summed E-state index contributed by atoms with van der Waals surface area (Å²) in [5, 5.41) is 6.47. The van der Waals surface area contributed by atoms with E-state index in [4.69, 9.17) is 28.9 Å². The van der Waals surface area contributed by atoms with Gasteiger partial charge in [-0.25, -0.2) is 0 Å². The van der Waals surface area contributed by atoms with Gasteiger partial charge in [0, 0.05) is 19.6 Å². The second kappa shape index (κ2) is 7.09. The number of para-hydroxylation sites is 1. The summed E-state index contributed by atoms with van der Waals surface area (Å²) in [7, 11) is 0. The molecule has 1 aromatic carbocycles. The van der Waals surface area contributed by atoms with Gasteiger partial charge in [0.15, 0.2) is 0 Å². The van der Waals surface area contributed by atoms with Crippen molar-refractivity contribution in [1.82, 2.24) is 10.2 Å². The average Bonchev–Trinajstić information content (AvgIpc) is 2.43. The predicted molar refractivity (Wildman–Crippen MR) is 82.5 cm³/mol. The lowest BCUT2D eigenvalue weighted by Gasteiger charge is -2.33. The van der Waals surface area contributed by atoms with Gasteiger partial charge in [0.05, 0.1) is 22.3 Å². The van der Waals surface area contributed by atoms with Crippen molar-refractivity contribution in [3.8, 4) is 0 Å². The molecule has 1 aliphatic heterocycles. The van der Waals surface area contributed by atoms with E-state index in [1.165, 1.54) is 0 Å². The number of primary amides is 1. The molecule has 1 saturated heterocycles. The fourth-order valence-electron chi connectivity index (χ4n) is 2.20. The van der Waals surface area contributed by atoms with Crippen LogP contribution in [-0.2, 0) is 9.59 Å². The van der Waals surface area contributed by atoms with Crippen molar-refractivity contribution in [2.24, 2.45) is 5.73 Å². The standard InChI is InChI=1S/C13H16Cl2N4O2/c14-8-2-1-3-9(15)12(8)18-11(20)7-19-5-4-17-6-10(19)13(16)21/h1-3,10,17H,4-7H2,(H2,16,21)(H,18,20). The minimum atomic E-state index is -0.494. The van der Waals surface area contributed by atoms with E-state index in [-0.39, 0.29) is 12.5 Å². The lowest BCUT2D eigenvalue weighted by Crippen LogP contribution is -2.58. The van der Waals surface area contributed by atoms with Gasteiger partial charge in [-0.1, -0.05) is 29.3 Å². The number of carbonyl (C=O) groups excluding carboxylic acids is 2. The lowest BCUT2D eigenvalue weighted by molar-refractivity contribution is -0.125. The molecule has 0 spiro atoms. The maximum atomic E-state index is 12.1. The molecule has 1 unspecified atom stereocenters. The van der Waals surface area contributed by atoms with Gasteiger partial charge in [-0.15, -0.1) is 0 Å². The number of hydrogen-bond acceptors (Lipinski definition) is 4. The molecule has 1 heterocycles. The first-order chi connectivity index (χ1) is 9.99. The molecule has 0 saturated carbocycles. The summed E-state index contributed by atoms with van der Waals surface area (Å²) < 4.78 is 0. The molecule has 1 aliphatic rings. The fraction of sp³-hybridized carbons (Fsp3) is 0.385. The van der Waals surface area contributed by atoms with Crippen LogP contribution >= 0.6 is 23.2 Å². The van der Waals surface area contributed by atoms with E-state index < -0.39 is 11.9 Å². The Bertz CT molecular complexity index is 533. The number of halogens is 2. The zero-order chi connectivity index (χ0) is 15.4. The molecule has 4 N–H and O–H groups in total. The maximum Gasteiger partial charge on any atom is 0.238 e. The van der Waals surface area contributed by atoms with Crippen molar-refractivity contribution in [2.75, 3.05) is 31.5 Å².